The van der Waals surface area contributed by atoms with E-state index in [1.807, 2.05) is 6.08 Å². The molecule has 0 spiro atoms. The van der Waals surface area contributed by atoms with Gasteiger partial charge in [-0.15, -0.1) is 6.58 Å². The molecule has 1 aromatic rings. The van der Waals surface area contributed by atoms with Crippen LogP contribution in [0.5, 0.6) is 0 Å². The Morgan fingerprint density at radius 1 is 1.50 bits per heavy atom. The monoisotopic (exact) mass is 313 g/mol. The van der Waals surface area contributed by atoms with Gasteiger partial charge in [0.05, 0.1) is 0 Å². The molecule has 0 aliphatic carbocycles. The van der Waals surface area contributed by atoms with Crippen LogP contribution in [0, 0.1) is 11.2 Å². The molecule has 18 heavy (non-hydrogen) atoms. The summed E-state index contributed by atoms with van der Waals surface area (Å²) in [7, 11) is 0. The van der Waals surface area contributed by atoms with E-state index < -0.39 is 0 Å². The first-order chi connectivity index (χ1) is 8.50. The second-order valence-corrected chi connectivity index (χ2v) is 5.80. The number of halogens is 2. The van der Waals surface area contributed by atoms with Crippen LogP contribution in [0.25, 0.3) is 0 Å². The van der Waals surface area contributed by atoms with Gasteiger partial charge in [-0.3, -0.25) is 0 Å². The molecule has 1 aromatic carbocycles. The highest BCUT2D eigenvalue weighted by Crippen LogP contribution is 2.28. The fourth-order valence-electron chi connectivity index (χ4n) is 1.87. The van der Waals surface area contributed by atoms with Gasteiger partial charge in [-0.25, -0.2) is 4.39 Å². The standard InChI is InChI=1S/C15H21BrFN/c1-4-8-18-11-15(3,5-2)10-12-9-13(17)6-7-14(12)16/h5-7,9,18H,2,4,8,10-11H2,1,3H3. The van der Waals surface area contributed by atoms with Crippen LogP contribution in [0.4, 0.5) is 4.39 Å². The van der Waals surface area contributed by atoms with Gasteiger partial charge in [-0.2, -0.15) is 0 Å². The van der Waals surface area contributed by atoms with Crippen LogP contribution < -0.4 is 5.32 Å². The molecular weight excluding hydrogens is 293 g/mol. The van der Waals surface area contributed by atoms with Gasteiger partial charge in [0.25, 0.3) is 0 Å². The Balaban J connectivity index is 2.77. The number of nitrogens with one attached hydrogen (secondary N) is 1. The van der Waals surface area contributed by atoms with Crippen molar-refractivity contribution < 1.29 is 4.39 Å². The summed E-state index contributed by atoms with van der Waals surface area (Å²) in [6.07, 6.45) is 3.83. The van der Waals surface area contributed by atoms with E-state index in [2.05, 4.69) is 41.7 Å². The lowest BCUT2D eigenvalue weighted by atomic mass is 9.83. The molecule has 0 fully saturated rings. The molecule has 1 rings (SSSR count). The molecule has 0 radical (unpaired) electrons. The van der Waals surface area contributed by atoms with E-state index in [0.29, 0.717) is 0 Å². The first-order valence-corrected chi connectivity index (χ1v) is 7.08. The van der Waals surface area contributed by atoms with Crippen molar-refractivity contribution >= 4 is 15.9 Å². The molecule has 1 unspecified atom stereocenters. The van der Waals surface area contributed by atoms with Crippen LogP contribution in [0.1, 0.15) is 25.8 Å². The number of rotatable bonds is 7. The zero-order valence-electron chi connectivity index (χ0n) is 11.1. The molecule has 1 atom stereocenters. The molecule has 100 valence electrons. The molecule has 1 N–H and O–H groups in total. The van der Waals surface area contributed by atoms with Crippen molar-refractivity contribution in [1.29, 1.82) is 0 Å². The van der Waals surface area contributed by atoms with Crippen molar-refractivity contribution in [2.24, 2.45) is 5.41 Å². The van der Waals surface area contributed by atoms with Crippen LogP contribution in [0.3, 0.4) is 0 Å². The van der Waals surface area contributed by atoms with Crippen molar-refractivity contribution in [3.05, 3.63) is 46.7 Å². The Bertz CT molecular complexity index is 405. The lowest BCUT2D eigenvalue weighted by Crippen LogP contribution is -2.32. The second kappa shape index (κ2) is 7.05. The zero-order valence-corrected chi connectivity index (χ0v) is 12.7. The highest BCUT2D eigenvalue weighted by atomic mass is 79.9. The van der Waals surface area contributed by atoms with Gasteiger partial charge in [-0.1, -0.05) is 35.9 Å². The third-order valence-electron chi connectivity index (χ3n) is 3.05. The molecule has 0 aliphatic rings. The smallest absolute Gasteiger partial charge is 0.123 e. The summed E-state index contributed by atoms with van der Waals surface area (Å²) in [5, 5.41) is 3.40. The van der Waals surface area contributed by atoms with Crippen molar-refractivity contribution in [3.63, 3.8) is 0 Å². The second-order valence-electron chi connectivity index (χ2n) is 4.95. The van der Waals surface area contributed by atoms with Crippen molar-refractivity contribution in [2.45, 2.75) is 26.7 Å². The van der Waals surface area contributed by atoms with Gasteiger partial charge in [0, 0.05) is 16.4 Å². The average molecular weight is 314 g/mol. The predicted molar refractivity (Wildman–Crippen MR) is 79.3 cm³/mol. The van der Waals surface area contributed by atoms with E-state index in [0.717, 1.165) is 36.0 Å². The number of hydrogen-bond donors (Lipinski definition) is 1. The highest BCUT2D eigenvalue weighted by molar-refractivity contribution is 9.10. The largest absolute Gasteiger partial charge is 0.316 e. The normalized spacial score (nSPS) is 14.2. The van der Waals surface area contributed by atoms with E-state index in [4.69, 9.17) is 0 Å². The minimum atomic E-state index is -0.193. The molecule has 0 aliphatic heterocycles. The van der Waals surface area contributed by atoms with Crippen LogP contribution in [0.2, 0.25) is 0 Å². The Morgan fingerprint density at radius 3 is 2.83 bits per heavy atom. The predicted octanol–water partition coefficient (Wildman–Crippen LogP) is 4.32. The lowest BCUT2D eigenvalue weighted by molar-refractivity contribution is 0.390. The Morgan fingerprint density at radius 2 is 2.22 bits per heavy atom. The first-order valence-electron chi connectivity index (χ1n) is 6.29. The summed E-state index contributed by atoms with van der Waals surface area (Å²) in [6.45, 7) is 10.0. The lowest BCUT2D eigenvalue weighted by Gasteiger charge is -2.27. The summed E-state index contributed by atoms with van der Waals surface area (Å²) in [6, 6.07) is 4.81. The first kappa shape index (κ1) is 15.4. The van der Waals surface area contributed by atoms with Crippen LogP contribution >= 0.6 is 15.9 Å². The van der Waals surface area contributed by atoms with Gasteiger partial charge in [0.2, 0.25) is 0 Å². The van der Waals surface area contributed by atoms with Crippen LogP contribution in [-0.4, -0.2) is 13.1 Å². The molecule has 0 bridgehead atoms. The maximum absolute atomic E-state index is 13.3. The van der Waals surface area contributed by atoms with Crippen LogP contribution in [0.15, 0.2) is 35.3 Å². The maximum Gasteiger partial charge on any atom is 0.123 e. The maximum atomic E-state index is 13.3. The molecule has 1 nitrogen and oxygen atoms in total. The minimum Gasteiger partial charge on any atom is -0.316 e. The molecule has 3 heteroatoms. The quantitative estimate of drug-likeness (QED) is 0.584. The average Bonchev–Trinajstić information content (AvgIpc) is 2.34. The summed E-state index contributed by atoms with van der Waals surface area (Å²) >= 11 is 3.47. The molecule has 0 aromatic heterocycles. The van der Waals surface area contributed by atoms with Gasteiger partial charge < -0.3 is 5.32 Å². The Labute approximate surface area is 118 Å². The summed E-state index contributed by atoms with van der Waals surface area (Å²) in [5.41, 5.74) is 0.918. The Hall–Kier alpha value is -0.670. The molecular formula is C15H21BrFN. The molecule has 0 saturated heterocycles. The molecule has 0 amide bonds. The highest BCUT2D eigenvalue weighted by Gasteiger charge is 2.21. The zero-order chi connectivity index (χ0) is 13.6. The summed E-state index contributed by atoms with van der Waals surface area (Å²) in [4.78, 5) is 0. The summed E-state index contributed by atoms with van der Waals surface area (Å²) < 4.78 is 14.2. The molecule has 0 heterocycles. The van der Waals surface area contributed by atoms with Gasteiger partial charge in [0.15, 0.2) is 0 Å². The van der Waals surface area contributed by atoms with E-state index in [1.54, 1.807) is 12.1 Å². The number of benzene rings is 1. The third-order valence-corrected chi connectivity index (χ3v) is 3.82. The van der Waals surface area contributed by atoms with Gasteiger partial charge in [-0.05, 0) is 43.1 Å². The van der Waals surface area contributed by atoms with E-state index in [1.165, 1.54) is 6.07 Å². The van der Waals surface area contributed by atoms with Crippen molar-refractivity contribution in [3.8, 4) is 0 Å². The topological polar surface area (TPSA) is 12.0 Å². The van der Waals surface area contributed by atoms with Crippen LogP contribution in [-0.2, 0) is 6.42 Å². The van der Waals surface area contributed by atoms with Gasteiger partial charge >= 0.3 is 0 Å². The van der Waals surface area contributed by atoms with Gasteiger partial charge in [0.1, 0.15) is 5.82 Å². The van der Waals surface area contributed by atoms with E-state index >= 15 is 0 Å². The van der Waals surface area contributed by atoms with Crippen molar-refractivity contribution in [2.75, 3.05) is 13.1 Å². The van der Waals surface area contributed by atoms with Crippen molar-refractivity contribution in [1.82, 2.24) is 5.32 Å². The fraction of sp³-hybridized carbons (Fsp3) is 0.467. The molecule has 0 saturated carbocycles. The van der Waals surface area contributed by atoms with E-state index in [9.17, 15) is 4.39 Å². The third kappa shape index (κ3) is 4.54. The fourth-order valence-corrected chi connectivity index (χ4v) is 2.26. The Kier molecular flexibility index (Phi) is 6.03. The van der Waals surface area contributed by atoms with E-state index in [-0.39, 0.29) is 11.2 Å². The SMILES string of the molecule is C=CC(C)(CNCCC)Cc1cc(F)ccc1Br. The minimum absolute atomic E-state index is 0.0640. The summed E-state index contributed by atoms with van der Waals surface area (Å²) in [5.74, 6) is -0.193. The number of hydrogen-bond acceptors (Lipinski definition) is 1.